The highest BCUT2D eigenvalue weighted by Gasteiger charge is 2.10. The molecule has 3 N–H and O–H groups in total. The number of rotatable bonds is 8. The normalized spacial score (nSPS) is 12.9. The summed E-state index contributed by atoms with van der Waals surface area (Å²) in [4.78, 5) is 4.01. The van der Waals surface area contributed by atoms with Gasteiger partial charge in [-0.05, 0) is 31.5 Å². The molecule has 18 heavy (non-hydrogen) atoms. The monoisotopic (exact) mass is 259 g/mol. The molecule has 1 rings (SSSR count). The van der Waals surface area contributed by atoms with Gasteiger partial charge in [-0.3, -0.25) is 0 Å². The molecule has 1 unspecified atom stereocenters. The van der Waals surface area contributed by atoms with E-state index >= 15 is 0 Å². The van der Waals surface area contributed by atoms with Gasteiger partial charge in [-0.1, -0.05) is 6.07 Å². The summed E-state index contributed by atoms with van der Waals surface area (Å²) in [7, 11) is 1.82. The van der Waals surface area contributed by atoms with Gasteiger partial charge >= 0.3 is 0 Å². The molecule has 0 spiro atoms. The molecule has 1 aromatic rings. The van der Waals surface area contributed by atoms with Gasteiger partial charge in [0.15, 0.2) is 0 Å². The first kappa shape index (κ1) is 14.8. The summed E-state index contributed by atoms with van der Waals surface area (Å²) < 4.78 is 28.6. The molecule has 0 fully saturated rings. The molecule has 0 radical (unpaired) electrons. The minimum atomic E-state index is -2.41. The lowest BCUT2D eigenvalue weighted by molar-refractivity contribution is 0.0146. The van der Waals surface area contributed by atoms with Gasteiger partial charge < -0.3 is 15.8 Å². The summed E-state index contributed by atoms with van der Waals surface area (Å²) in [5.74, 6) is 0.506. The number of hydrogen-bond donors (Lipinski definition) is 2. The highest BCUT2D eigenvalue weighted by atomic mass is 19.3. The summed E-state index contributed by atoms with van der Waals surface area (Å²) in [6, 6.07) is 3.87. The van der Waals surface area contributed by atoms with E-state index in [4.69, 9.17) is 10.5 Å². The van der Waals surface area contributed by atoms with Crippen LogP contribution in [-0.4, -0.2) is 37.7 Å². The second kappa shape index (κ2) is 7.94. The van der Waals surface area contributed by atoms with Gasteiger partial charge in [-0.15, -0.1) is 0 Å². The lowest BCUT2D eigenvalue weighted by atomic mass is 10.0. The van der Waals surface area contributed by atoms with Crippen LogP contribution in [0.1, 0.15) is 12.0 Å². The number of alkyl halides is 2. The first-order chi connectivity index (χ1) is 8.63. The van der Waals surface area contributed by atoms with E-state index in [1.165, 1.54) is 0 Å². The standard InChI is InChI=1S/C12H19F2N3O/c1-16-10(4-6-18-8-11(13)14)7-9-3-2-5-17-12(9)15/h2-3,5,10-11,16H,4,6-8H2,1H3,(H2,15,17). The fourth-order valence-corrected chi connectivity index (χ4v) is 1.64. The van der Waals surface area contributed by atoms with Crippen LogP contribution in [0.3, 0.4) is 0 Å². The van der Waals surface area contributed by atoms with Crippen LogP contribution in [0, 0.1) is 0 Å². The maximum atomic E-state index is 11.9. The predicted molar refractivity (Wildman–Crippen MR) is 66.6 cm³/mol. The van der Waals surface area contributed by atoms with Crippen molar-refractivity contribution >= 4 is 5.82 Å². The van der Waals surface area contributed by atoms with Crippen molar-refractivity contribution < 1.29 is 13.5 Å². The first-order valence-corrected chi connectivity index (χ1v) is 5.86. The Morgan fingerprint density at radius 2 is 2.28 bits per heavy atom. The van der Waals surface area contributed by atoms with E-state index < -0.39 is 13.0 Å². The number of nitrogen functional groups attached to an aromatic ring is 1. The molecule has 0 aromatic carbocycles. The largest absolute Gasteiger partial charge is 0.383 e. The maximum Gasteiger partial charge on any atom is 0.261 e. The Bertz CT molecular complexity index is 350. The number of ether oxygens (including phenoxy) is 1. The molecule has 4 nitrogen and oxygen atoms in total. The first-order valence-electron chi connectivity index (χ1n) is 5.86. The average Bonchev–Trinajstić information content (AvgIpc) is 2.35. The summed E-state index contributed by atoms with van der Waals surface area (Å²) in [5, 5.41) is 3.12. The minimum absolute atomic E-state index is 0.133. The number of nitrogens with one attached hydrogen (secondary N) is 1. The molecule has 0 saturated heterocycles. The third-order valence-electron chi connectivity index (χ3n) is 2.66. The molecular weight excluding hydrogens is 240 g/mol. The van der Waals surface area contributed by atoms with E-state index in [0.717, 1.165) is 5.56 Å². The Morgan fingerprint density at radius 3 is 2.89 bits per heavy atom. The number of halogens is 2. The van der Waals surface area contributed by atoms with Crippen molar-refractivity contribution in [2.45, 2.75) is 25.3 Å². The second-order valence-corrected chi connectivity index (χ2v) is 3.99. The topological polar surface area (TPSA) is 60.2 Å². The van der Waals surface area contributed by atoms with E-state index in [1.54, 1.807) is 6.20 Å². The van der Waals surface area contributed by atoms with Gasteiger partial charge in [-0.25, -0.2) is 13.8 Å². The van der Waals surface area contributed by atoms with Gasteiger partial charge in [0.1, 0.15) is 12.4 Å². The second-order valence-electron chi connectivity index (χ2n) is 3.99. The predicted octanol–water partition coefficient (Wildman–Crippen LogP) is 1.47. The Kier molecular flexibility index (Phi) is 6.53. The van der Waals surface area contributed by atoms with Gasteiger partial charge in [0, 0.05) is 18.8 Å². The Morgan fingerprint density at radius 1 is 1.50 bits per heavy atom. The van der Waals surface area contributed by atoms with E-state index in [9.17, 15) is 8.78 Å². The Hall–Kier alpha value is -1.27. The number of nitrogens with zero attached hydrogens (tertiary/aromatic N) is 1. The van der Waals surface area contributed by atoms with Crippen molar-refractivity contribution in [1.82, 2.24) is 10.3 Å². The number of aromatic nitrogens is 1. The van der Waals surface area contributed by atoms with Crippen LogP contribution in [0.4, 0.5) is 14.6 Å². The fourth-order valence-electron chi connectivity index (χ4n) is 1.64. The SMILES string of the molecule is CNC(CCOCC(F)F)Cc1cccnc1N. The molecular formula is C12H19F2N3O. The van der Waals surface area contributed by atoms with Crippen molar-refractivity contribution in [1.29, 1.82) is 0 Å². The maximum absolute atomic E-state index is 11.9. The van der Waals surface area contributed by atoms with Crippen molar-refractivity contribution in [2.24, 2.45) is 0 Å². The van der Waals surface area contributed by atoms with E-state index in [-0.39, 0.29) is 6.04 Å². The molecule has 0 bridgehead atoms. The van der Waals surface area contributed by atoms with E-state index in [2.05, 4.69) is 10.3 Å². The molecule has 1 atom stereocenters. The zero-order valence-electron chi connectivity index (χ0n) is 10.4. The van der Waals surface area contributed by atoms with E-state index in [1.807, 2.05) is 19.2 Å². The zero-order chi connectivity index (χ0) is 13.4. The number of nitrogens with two attached hydrogens (primary N) is 1. The highest BCUT2D eigenvalue weighted by molar-refractivity contribution is 5.38. The molecule has 0 aliphatic heterocycles. The summed E-state index contributed by atoms with van der Waals surface area (Å²) in [6.07, 6.45) is 0.581. The van der Waals surface area contributed by atoms with Crippen LogP contribution >= 0.6 is 0 Å². The lowest BCUT2D eigenvalue weighted by Crippen LogP contribution is -2.29. The van der Waals surface area contributed by atoms with Crippen LogP contribution in [-0.2, 0) is 11.2 Å². The van der Waals surface area contributed by atoms with Crippen molar-refractivity contribution in [3.63, 3.8) is 0 Å². The molecule has 0 saturated carbocycles. The summed E-state index contributed by atoms with van der Waals surface area (Å²) in [5.41, 5.74) is 6.70. The molecule has 1 heterocycles. The Balaban J connectivity index is 2.36. The van der Waals surface area contributed by atoms with Crippen LogP contribution in [0.15, 0.2) is 18.3 Å². The summed E-state index contributed by atoms with van der Waals surface area (Å²) in [6.45, 7) is -0.207. The molecule has 0 aliphatic rings. The average molecular weight is 259 g/mol. The molecule has 0 aliphatic carbocycles. The third-order valence-corrected chi connectivity index (χ3v) is 2.66. The minimum Gasteiger partial charge on any atom is -0.383 e. The number of likely N-dealkylation sites (N-methyl/N-ethyl adjacent to an activating group) is 1. The smallest absolute Gasteiger partial charge is 0.261 e. The van der Waals surface area contributed by atoms with Gasteiger partial charge in [0.2, 0.25) is 0 Å². The van der Waals surface area contributed by atoms with Gasteiger partial charge in [-0.2, -0.15) is 0 Å². The number of pyridine rings is 1. The van der Waals surface area contributed by atoms with Crippen molar-refractivity contribution in [2.75, 3.05) is 26.0 Å². The molecule has 0 amide bonds. The number of anilines is 1. The van der Waals surface area contributed by atoms with Gasteiger partial charge in [0.25, 0.3) is 6.43 Å². The molecule has 1 aromatic heterocycles. The Labute approximate surface area is 106 Å². The third kappa shape index (κ3) is 5.37. The van der Waals surface area contributed by atoms with Gasteiger partial charge in [0.05, 0.1) is 0 Å². The molecule has 102 valence electrons. The van der Waals surface area contributed by atoms with Crippen LogP contribution < -0.4 is 11.1 Å². The van der Waals surface area contributed by atoms with Crippen LogP contribution in [0.25, 0.3) is 0 Å². The van der Waals surface area contributed by atoms with E-state index in [0.29, 0.717) is 25.3 Å². The van der Waals surface area contributed by atoms with Crippen LogP contribution in [0.5, 0.6) is 0 Å². The summed E-state index contributed by atoms with van der Waals surface area (Å²) >= 11 is 0. The van der Waals surface area contributed by atoms with Crippen molar-refractivity contribution in [3.8, 4) is 0 Å². The quantitative estimate of drug-likeness (QED) is 0.694. The lowest BCUT2D eigenvalue weighted by Gasteiger charge is -2.16. The number of hydrogen-bond acceptors (Lipinski definition) is 4. The van der Waals surface area contributed by atoms with Crippen LogP contribution in [0.2, 0.25) is 0 Å². The molecule has 6 heteroatoms. The van der Waals surface area contributed by atoms with Crippen molar-refractivity contribution in [3.05, 3.63) is 23.9 Å². The highest BCUT2D eigenvalue weighted by Crippen LogP contribution is 2.11. The fraction of sp³-hybridized carbons (Fsp3) is 0.583. The zero-order valence-corrected chi connectivity index (χ0v) is 10.4.